The van der Waals surface area contributed by atoms with E-state index < -0.39 is 11.6 Å². The van der Waals surface area contributed by atoms with Crippen LogP contribution in [0.1, 0.15) is 25.8 Å². The Balaban J connectivity index is 2.75. The Hall–Kier alpha value is -1.47. The molecular weight excluding hydrogens is 222 g/mol. The van der Waals surface area contributed by atoms with Crippen LogP contribution in [0.25, 0.3) is 0 Å². The first-order valence-corrected chi connectivity index (χ1v) is 5.59. The zero-order valence-corrected chi connectivity index (χ0v) is 10.1. The van der Waals surface area contributed by atoms with Crippen LogP contribution in [0.3, 0.4) is 0 Å². The predicted octanol–water partition coefficient (Wildman–Crippen LogP) is 3.09. The van der Waals surface area contributed by atoms with Gasteiger partial charge in [0.1, 0.15) is 11.6 Å². The van der Waals surface area contributed by atoms with Gasteiger partial charge in [-0.25, -0.2) is 8.78 Å². The van der Waals surface area contributed by atoms with Crippen LogP contribution in [0.5, 0.6) is 0 Å². The molecule has 1 aromatic rings. The van der Waals surface area contributed by atoms with Gasteiger partial charge in [0.05, 0.1) is 6.07 Å². The first kappa shape index (κ1) is 13.6. The average molecular weight is 238 g/mol. The quantitative estimate of drug-likeness (QED) is 0.788. The van der Waals surface area contributed by atoms with Gasteiger partial charge in [0, 0.05) is 31.6 Å². The zero-order valence-electron chi connectivity index (χ0n) is 10.1. The largest absolute Gasteiger partial charge is 0.296 e. The summed E-state index contributed by atoms with van der Waals surface area (Å²) in [6.07, 6.45) is 0.413. The van der Waals surface area contributed by atoms with E-state index in [1.165, 1.54) is 12.1 Å². The van der Waals surface area contributed by atoms with E-state index in [1.807, 2.05) is 18.7 Å². The van der Waals surface area contributed by atoms with E-state index in [9.17, 15) is 8.78 Å². The van der Waals surface area contributed by atoms with Crippen molar-refractivity contribution in [3.8, 4) is 6.07 Å². The second-order valence-electron chi connectivity index (χ2n) is 4.25. The Morgan fingerprint density at radius 3 is 2.29 bits per heavy atom. The van der Waals surface area contributed by atoms with Crippen molar-refractivity contribution < 1.29 is 8.78 Å². The van der Waals surface area contributed by atoms with Gasteiger partial charge in [0.15, 0.2) is 0 Å². The normalized spacial score (nSPS) is 10.9. The molecule has 0 unspecified atom stereocenters. The van der Waals surface area contributed by atoms with Crippen molar-refractivity contribution in [2.24, 2.45) is 0 Å². The maximum Gasteiger partial charge on any atom is 0.126 e. The molecule has 0 saturated carbocycles. The summed E-state index contributed by atoms with van der Waals surface area (Å²) in [5, 5.41) is 8.55. The minimum Gasteiger partial charge on any atom is -0.296 e. The van der Waals surface area contributed by atoms with Gasteiger partial charge in [-0.2, -0.15) is 5.26 Å². The lowest BCUT2D eigenvalue weighted by atomic mass is 10.1. The van der Waals surface area contributed by atoms with Crippen molar-refractivity contribution in [1.82, 2.24) is 4.90 Å². The van der Waals surface area contributed by atoms with E-state index in [2.05, 4.69) is 6.07 Å². The highest BCUT2D eigenvalue weighted by Crippen LogP contribution is 2.12. The van der Waals surface area contributed by atoms with Crippen molar-refractivity contribution in [3.63, 3.8) is 0 Å². The molecule has 92 valence electrons. The lowest BCUT2D eigenvalue weighted by Crippen LogP contribution is -2.31. The standard InChI is InChI=1S/C13H16F2N2/c1-10(2)17(5-3-4-16)9-11-6-12(14)8-13(15)7-11/h6-8,10H,3,5,9H2,1-2H3. The minimum absolute atomic E-state index is 0.231. The monoisotopic (exact) mass is 238 g/mol. The van der Waals surface area contributed by atoms with Gasteiger partial charge in [0.25, 0.3) is 0 Å². The van der Waals surface area contributed by atoms with Crippen LogP contribution in [-0.4, -0.2) is 17.5 Å². The van der Waals surface area contributed by atoms with E-state index >= 15 is 0 Å². The fraction of sp³-hybridized carbons (Fsp3) is 0.462. The van der Waals surface area contributed by atoms with E-state index in [0.717, 1.165) is 6.07 Å². The molecular formula is C13H16F2N2. The van der Waals surface area contributed by atoms with Gasteiger partial charge in [-0.3, -0.25) is 4.90 Å². The smallest absolute Gasteiger partial charge is 0.126 e. The van der Waals surface area contributed by atoms with E-state index in [0.29, 0.717) is 25.1 Å². The number of hydrogen-bond acceptors (Lipinski definition) is 2. The molecule has 0 atom stereocenters. The summed E-state index contributed by atoms with van der Waals surface area (Å²) in [6.45, 7) is 5.04. The molecule has 17 heavy (non-hydrogen) atoms. The second kappa shape index (κ2) is 6.31. The number of nitriles is 1. The SMILES string of the molecule is CC(C)N(CCC#N)Cc1cc(F)cc(F)c1. The van der Waals surface area contributed by atoms with Gasteiger partial charge < -0.3 is 0 Å². The molecule has 4 heteroatoms. The van der Waals surface area contributed by atoms with E-state index in [1.54, 1.807) is 0 Å². The third kappa shape index (κ3) is 4.49. The van der Waals surface area contributed by atoms with E-state index in [-0.39, 0.29) is 6.04 Å². The summed E-state index contributed by atoms with van der Waals surface area (Å²) in [5.41, 5.74) is 0.592. The fourth-order valence-corrected chi connectivity index (χ4v) is 1.65. The maximum atomic E-state index is 13.0. The number of nitrogens with zero attached hydrogens (tertiary/aromatic N) is 2. The first-order chi connectivity index (χ1) is 8.02. The van der Waals surface area contributed by atoms with Crippen molar-refractivity contribution in [3.05, 3.63) is 35.4 Å². The molecule has 0 radical (unpaired) electrons. The van der Waals surface area contributed by atoms with Gasteiger partial charge in [0.2, 0.25) is 0 Å². The molecule has 0 aliphatic carbocycles. The molecule has 0 spiro atoms. The maximum absolute atomic E-state index is 13.0. The van der Waals surface area contributed by atoms with Crippen molar-refractivity contribution in [2.75, 3.05) is 6.54 Å². The van der Waals surface area contributed by atoms with Gasteiger partial charge in [-0.05, 0) is 31.5 Å². The summed E-state index contributed by atoms with van der Waals surface area (Å²) < 4.78 is 26.0. The number of benzene rings is 1. The summed E-state index contributed by atoms with van der Waals surface area (Å²) in [4.78, 5) is 2.01. The van der Waals surface area contributed by atoms with Crippen molar-refractivity contribution in [2.45, 2.75) is 32.9 Å². The Morgan fingerprint density at radius 1 is 1.24 bits per heavy atom. The summed E-state index contributed by atoms with van der Waals surface area (Å²) in [5.74, 6) is -1.13. The predicted molar refractivity (Wildman–Crippen MR) is 62.1 cm³/mol. The van der Waals surface area contributed by atoms with Crippen LogP contribution in [0.4, 0.5) is 8.78 Å². The van der Waals surface area contributed by atoms with Gasteiger partial charge >= 0.3 is 0 Å². The Bertz CT molecular complexity index is 390. The van der Waals surface area contributed by atoms with Gasteiger partial charge in [-0.15, -0.1) is 0 Å². The summed E-state index contributed by atoms with van der Waals surface area (Å²) >= 11 is 0. The molecule has 0 heterocycles. The lowest BCUT2D eigenvalue weighted by molar-refractivity contribution is 0.217. The molecule has 0 aliphatic heterocycles. The highest BCUT2D eigenvalue weighted by molar-refractivity contribution is 5.17. The molecule has 0 bridgehead atoms. The summed E-state index contributed by atoms with van der Waals surface area (Å²) in [6, 6.07) is 5.81. The fourth-order valence-electron chi connectivity index (χ4n) is 1.65. The molecule has 0 amide bonds. The van der Waals surface area contributed by atoms with Crippen molar-refractivity contribution >= 4 is 0 Å². The number of halogens is 2. The average Bonchev–Trinajstić information content (AvgIpc) is 2.22. The molecule has 0 saturated heterocycles. The number of hydrogen-bond donors (Lipinski definition) is 0. The topological polar surface area (TPSA) is 27.0 Å². The van der Waals surface area contributed by atoms with E-state index in [4.69, 9.17) is 5.26 Å². The highest BCUT2D eigenvalue weighted by Gasteiger charge is 2.11. The molecule has 0 aliphatic rings. The molecule has 0 fully saturated rings. The molecule has 1 rings (SSSR count). The second-order valence-corrected chi connectivity index (χ2v) is 4.25. The highest BCUT2D eigenvalue weighted by atomic mass is 19.1. The zero-order chi connectivity index (χ0) is 12.8. The van der Waals surface area contributed by atoms with Crippen LogP contribution in [0, 0.1) is 23.0 Å². The van der Waals surface area contributed by atoms with Crippen molar-refractivity contribution in [1.29, 1.82) is 5.26 Å². The third-order valence-corrected chi connectivity index (χ3v) is 2.55. The Morgan fingerprint density at radius 2 is 1.82 bits per heavy atom. The molecule has 1 aromatic carbocycles. The molecule has 0 N–H and O–H groups in total. The van der Waals surface area contributed by atoms with Gasteiger partial charge in [-0.1, -0.05) is 0 Å². The van der Waals surface area contributed by atoms with Crippen LogP contribution in [-0.2, 0) is 6.54 Å². The first-order valence-electron chi connectivity index (χ1n) is 5.59. The van der Waals surface area contributed by atoms with Crippen LogP contribution < -0.4 is 0 Å². The van der Waals surface area contributed by atoms with Crippen LogP contribution in [0.15, 0.2) is 18.2 Å². The Labute approximate surface area is 100 Å². The van der Waals surface area contributed by atoms with Crippen LogP contribution in [0.2, 0.25) is 0 Å². The lowest BCUT2D eigenvalue weighted by Gasteiger charge is -2.25. The third-order valence-electron chi connectivity index (χ3n) is 2.55. The Kier molecular flexibility index (Phi) is 5.05. The molecule has 0 aromatic heterocycles. The molecule has 2 nitrogen and oxygen atoms in total. The number of rotatable bonds is 5. The van der Waals surface area contributed by atoms with Crippen LogP contribution >= 0.6 is 0 Å². The summed E-state index contributed by atoms with van der Waals surface area (Å²) in [7, 11) is 0. The minimum atomic E-state index is -0.566.